The second kappa shape index (κ2) is 4.66. The monoisotopic (exact) mass is 224 g/mol. The summed E-state index contributed by atoms with van der Waals surface area (Å²) >= 11 is 0. The Morgan fingerprint density at radius 3 is 2.31 bits per heavy atom. The van der Waals surface area contributed by atoms with Crippen molar-refractivity contribution in [3.8, 4) is 0 Å². The standard InChI is InChI=1S/C14H28N2/c1-11-6-9-16(10-7-11)12-5-8-14(2,3)13(12)15-4/h11-13,15H,5-10H2,1-4H3. The molecule has 2 atom stereocenters. The van der Waals surface area contributed by atoms with Gasteiger partial charge in [0.05, 0.1) is 0 Å². The molecule has 1 aliphatic carbocycles. The van der Waals surface area contributed by atoms with Crippen LogP contribution in [0.15, 0.2) is 0 Å². The summed E-state index contributed by atoms with van der Waals surface area (Å²) in [7, 11) is 2.14. The van der Waals surface area contributed by atoms with E-state index in [0.717, 1.165) is 12.0 Å². The van der Waals surface area contributed by atoms with Gasteiger partial charge in [-0.05, 0) is 57.2 Å². The summed E-state index contributed by atoms with van der Waals surface area (Å²) in [6.07, 6.45) is 5.54. The molecule has 0 aromatic carbocycles. The lowest BCUT2D eigenvalue weighted by Crippen LogP contribution is -2.52. The van der Waals surface area contributed by atoms with Gasteiger partial charge < -0.3 is 5.32 Å². The molecule has 0 bridgehead atoms. The SMILES string of the molecule is CNC1C(N2CCC(C)CC2)CCC1(C)C. The summed E-state index contributed by atoms with van der Waals surface area (Å²) in [6.45, 7) is 9.87. The van der Waals surface area contributed by atoms with Crippen molar-refractivity contribution in [2.75, 3.05) is 20.1 Å². The first-order chi connectivity index (χ1) is 7.54. The Balaban J connectivity index is 1.99. The molecule has 2 heteroatoms. The lowest BCUT2D eigenvalue weighted by Gasteiger charge is -2.40. The van der Waals surface area contributed by atoms with Crippen LogP contribution in [0.4, 0.5) is 0 Å². The van der Waals surface area contributed by atoms with Crippen LogP contribution < -0.4 is 5.32 Å². The first-order valence-corrected chi connectivity index (χ1v) is 6.96. The Morgan fingerprint density at radius 1 is 1.12 bits per heavy atom. The Morgan fingerprint density at radius 2 is 1.75 bits per heavy atom. The van der Waals surface area contributed by atoms with Gasteiger partial charge in [-0.15, -0.1) is 0 Å². The lowest BCUT2D eigenvalue weighted by atomic mass is 9.86. The van der Waals surface area contributed by atoms with Crippen LogP contribution in [-0.4, -0.2) is 37.1 Å². The highest BCUT2D eigenvalue weighted by Gasteiger charge is 2.43. The maximum Gasteiger partial charge on any atom is 0.0271 e. The number of rotatable bonds is 2. The summed E-state index contributed by atoms with van der Waals surface area (Å²) < 4.78 is 0. The van der Waals surface area contributed by atoms with Crippen molar-refractivity contribution in [3.05, 3.63) is 0 Å². The fourth-order valence-electron chi connectivity index (χ4n) is 3.70. The zero-order valence-corrected chi connectivity index (χ0v) is 11.4. The zero-order valence-electron chi connectivity index (χ0n) is 11.4. The maximum atomic E-state index is 3.57. The van der Waals surface area contributed by atoms with Crippen LogP contribution in [0.3, 0.4) is 0 Å². The van der Waals surface area contributed by atoms with Crippen LogP contribution in [0.5, 0.6) is 0 Å². The van der Waals surface area contributed by atoms with Crippen LogP contribution in [0, 0.1) is 11.3 Å². The van der Waals surface area contributed by atoms with E-state index < -0.39 is 0 Å². The molecule has 0 aromatic rings. The third-order valence-electron chi connectivity index (χ3n) is 4.91. The predicted octanol–water partition coefficient (Wildman–Crippen LogP) is 2.49. The highest BCUT2D eigenvalue weighted by Crippen LogP contribution is 2.40. The number of hydrogen-bond acceptors (Lipinski definition) is 2. The number of nitrogens with zero attached hydrogens (tertiary/aromatic N) is 1. The third-order valence-corrected chi connectivity index (χ3v) is 4.91. The van der Waals surface area contributed by atoms with E-state index in [1.54, 1.807) is 0 Å². The molecule has 0 spiro atoms. The average Bonchev–Trinajstić information content (AvgIpc) is 2.54. The average molecular weight is 224 g/mol. The minimum absolute atomic E-state index is 0.475. The predicted molar refractivity (Wildman–Crippen MR) is 69.6 cm³/mol. The minimum atomic E-state index is 0.475. The van der Waals surface area contributed by atoms with Crippen LogP contribution in [0.25, 0.3) is 0 Å². The van der Waals surface area contributed by atoms with E-state index in [2.05, 4.69) is 38.0 Å². The normalized spacial score (nSPS) is 36.8. The van der Waals surface area contributed by atoms with Crippen molar-refractivity contribution in [2.24, 2.45) is 11.3 Å². The smallest absolute Gasteiger partial charge is 0.0271 e. The fraction of sp³-hybridized carbons (Fsp3) is 1.00. The van der Waals surface area contributed by atoms with Gasteiger partial charge in [-0.25, -0.2) is 0 Å². The molecule has 2 rings (SSSR count). The van der Waals surface area contributed by atoms with Crippen molar-refractivity contribution in [1.82, 2.24) is 10.2 Å². The Labute approximate surface area is 101 Å². The van der Waals surface area contributed by atoms with Crippen molar-refractivity contribution in [2.45, 2.75) is 58.5 Å². The molecular formula is C14H28N2. The van der Waals surface area contributed by atoms with E-state index in [0.29, 0.717) is 11.5 Å². The van der Waals surface area contributed by atoms with Crippen molar-refractivity contribution >= 4 is 0 Å². The van der Waals surface area contributed by atoms with Gasteiger partial charge in [0.25, 0.3) is 0 Å². The van der Waals surface area contributed by atoms with Gasteiger partial charge >= 0.3 is 0 Å². The van der Waals surface area contributed by atoms with Gasteiger partial charge in [0.1, 0.15) is 0 Å². The van der Waals surface area contributed by atoms with E-state index >= 15 is 0 Å². The van der Waals surface area contributed by atoms with Crippen molar-refractivity contribution in [3.63, 3.8) is 0 Å². The summed E-state index contributed by atoms with van der Waals surface area (Å²) in [5, 5.41) is 3.57. The van der Waals surface area contributed by atoms with Gasteiger partial charge in [-0.2, -0.15) is 0 Å². The zero-order chi connectivity index (χ0) is 11.8. The van der Waals surface area contributed by atoms with Gasteiger partial charge in [0.2, 0.25) is 0 Å². The van der Waals surface area contributed by atoms with Crippen molar-refractivity contribution < 1.29 is 0 Å². The van der Waals surface area contributed by atoms with Gasteiger partial charge in [-0.3, -0.25) is 4.90 Å². The Hall–Kier alpha value is -0.0800. The molecule has 1 saturated carbocycles. The molecule has 16 heavy (non-hydrogen) atoms. The first-order valence-electron chi connectivity index (χ1n) is 6.96. The summed E-state index contributed by atoms with van der Waals surface area (Å²) in [5.74, 6) is 0.943. The number of nitrogens with one attached hydrogen (secondary N) is 1. The molecule has 2 fully saturated rings. The van der Waals surface area contributed by atoms with Crippen LogP contribution in [0.2, 0.25) is 0 Å². The molecule has 2 nitrogen and oxygen atoms in total. The van der Waals surface area contributed by atoms with Gasteiger partial charge in [0, 0.05) is 12.1 Å². The molecule has 94 valence electrons. The first kappa shape index (κ1) is 12.4. The molecule has 1 heterocycles. The molecule has 2 unspecified atom stereocenters. The summed E-state index contributed by atoms with van der Waals surface area (Å²) in [6, 6.07) is 1.47. The third kappa shape index (κ3) is 2.28. The number of piperidine rings is 1. The van der Waals surface area contributed by atoms with Crippen LogP contribution in [0.1, 0.15) is 46.5 Å². The molecule has 0 aromatic heterocycles. The van der Waals surface area contributed by atoms with E-state index in [-0.39, 0.29) is 0 Å². The molecule has 1 aliphatic heterocycles. The van der Waals surface area contributed by atoms with E-state index in [1.165, 1.54) is 38.8 Å². The molecule has 1 N–H and O–H groups in total. The lowest BCUT2D eigenvalue weighted by molar-refractivity contribution is 0.108. The highest BCUT2D eigenvalue weighted by molar-refractivity contribution is 5.01. The van der Waals surface area contributed by atoms with Crippen LogP contribution >= 0.6 is 0 Å². The quantitative estimate of drug-likeness (QED) is 0.775. The van der Waals surface area contributed by atoms with Crippen LogP contribution in [-0.2, 0) is 0 Å². The summed E-state index contributed by atoms with van der Waals surface area (Å²) in [5.41, 5.74) is 0.475. The number of likely N-dealkylation sites (tertiary alicyclic amines) is 1. The second-order valence-corrected chi connectivity index (χ2v) is 6.58. The highest BCUT2D eigenvalue weighted by atomic mass is 15.2. The number of hydrogen-bond donors (Lipinski definition) is 1. The molecule has 0 amide bonds. The van der Waals surface area contributed by atoms with Gasteiger partial charge in [0.15, 0.2) is 0 Å². The molecular weight excluding hydrogens is 196 g/mol. The number of likely N-dealkylation sites (N-methyl/N-ethyl adjacent to an activating group) is 1. The Kier molecular flexibility index (Phi) is 3.60. The minimum Gasteiger partial charge on any atom is -0.315 e. The maximum absolute atomic E-state index is 3.57. The largest absolute Gasteiger partial charge is 0.315 e. The summed E-state index contributed by atoms with van der Waals surface area (Å²) in [4.78, 5) is 2.75. The topological polar surface area (TPSA) is 15.3 Å². The fourth-order valence-corrected chi connectivity index (χ4v) is 3.70. The second-order valence-electron chi connectivity index (χ2n) is 6.58. The van der Waals surface area contributed by atoms with Gasteiger partial charge in [-0.1, -0.05) is 20.8 Å². The molecule has 0 radical (unpaired) electrons. The van der Waals surface area contributed by atoms with E-state index in [4.69, 9.17) is 0 Å². The molecule has 2 aliphatic rings. The Bertz CT molecular complexity index is 229. The van der Waals surface area contributed by atoms with E-state index in [1.807, 2.05) is 0 Å². The molecule has 1 saturated heterocycles. The van der Waals surface area contributed by atoms with E-state index in [9.17, 15) is 0 Å². The van der Waals surface area contributed by atoms with Crippen molar-refractivity contribution in [1.29, 1.82) is 0 Å².